The predicted octanol–water partition coefficient (Wildman–Crippen LogP) is 1.88. The number of anilines is 1. The standard InChI is InChI=1S/C21H28N6O/c1-3-8-25(2)21(28)19-13-26-9-7-15(19)11-18(26)12-27-14-20(23-24-27)16-5-4-6-17(22)10-16/h3-6,10,14-15,18-19H,1,7-9,11-13,22H2,2H3/t15-,18+,19+/m0/s1. The van der Waals surface area contributed by atoms with Gasteiger partial charge in [-0.3, -0.25) is 14.4 Å². The van der Waals surface area contributed by atoms with Crippen molar-refractivity contribution in [3.8, 4) is 11.3 Å². The number of rotatable bonds is 6. The summed E-state index contributed by atoms with van der Waals surface area (Å²) in [6, 6.07) is 8.10. The third-order valence-electron chi connectivity index (χ3n) is 6.09. The predicted molar refractivity (Wildman–Crippen MR) is 109 cm³/mol. The van der Waals surface area contributed by atoms with Gasteiger partial charge in [-0.2, -0.15) is 0 Å². The molecule has 2 aromatic rings. The topological polar surface area (TPSA) is 80.3 Å². The van der Waals surface area contributed by atoms with E-state index in [0.29, 0.717) is 18.5 Å². The first kappa shape index (κ1) is 18.7. The number of nitrogen functional groups attached to an aromatic ring is 1. The lowest BCUT2D eigenvalue weighted by molar-refractivity contribution is -0.142. The number of carbonyl (C=O) groups is 1. The minimum atomic E-state index is 0.105. The first-order valence-corrected chi connectivity index (χ1v) is 9.91. The average Bonchev–Trinajstić information content (AvgIpc) is 3.16. The SMILES string of the molecule is C=CCN(C)C(=O)[C@@H]1CN2CC[C@H]1C[C@@H]2Cn1cc(-c2cccc(N)c2)nn1. The largest absolute Gasteiger partial charge is 0.399 e. The second-order valence-electron chi connectivity index (χ2n) is 8.00. The van der Waals surface area contributed by atoms with Gasteiger partial charge in [0, 0.05) is 37.4 Å². The maximum absolute atomic E-state index is 12.7. The van der Waals surface area contributed by atoms with Crippen LogP contribution in [0.25, 0.3) is 11.3 Å². The molecule has 28 heavy (non-hydrogen) atoms. The molecule has 3 aliphatic heterocycles. The molecule has 0 radical (unpaired) electrons. The van der Waals surface area contributed by atoms with Crippen LogP contribution >= 0.6 is 0 Å². The molecule has 1 aromatic heterocycles. The van der Waals surface area contributed by atoms with Gasteiger partial charge in [0.15, 0.2) is 0 Å². The van der Waals surface area contributed by atoms with Gasteiger partial charge >= 0.3 is 0 Å². The van der Waals surface area contributed by atoms with Crippen molar-refractivity contribution in [2.75, 3.05) is 32.4 Å². The normalized spacial score (nSPS) is 26.2. The first-order chi connectivity index (χ1) is 13.5. The Labute approximate surface area is 165 Å². The Morgan fingerprint density at radius 2 is 2.32 bits per heavy atom. The van der Waals surface area contributed by atoms with Crippen LogP contribution in [-0.4, -0.2) is 63.4 Å². The summed E-state index contributed by atoms with van der Waals surface area (Å²) in [6.45, 7) is 7.04. The third kappa shape index (κ3) is 3.67. The number of amides is 1. The minimum absolute atomic E-state index is 0.105. The van der Waals surface area contributed by atoms with Crippen molar-refractivity contribution in [3.05, 3.63) is 43.1 Å². The van der Waals surface area contributed by atoms with Gasteiger partial charge in [-0.25, -0.2) is 0 Å². The van der Waals surface area contributed by atoms with Crippen LogP contribution in [0, 0.1) is 11.8 Å². The van der Waals surface area contributed by atoms with Gasteiger partial charge in [-0.15, -0.1) is 11.7 Å². The number of fused-ring (bicyclic) bond motifs is 3. The molecule has 3 fully saturated rings. The van der Waals surface area contributed by atoms with E-state index in [9.17, 15) is 4.79 Å². The van der Waals surface area contributed by atoms with Gasteiger partial charge < -0.3 is 10.6 Å². The van der Waals surface area contributed by atoms with E-state index in [1.54, 1.807) is 11.0 Å². The number of nitrogens with zero attached hydrogens (tertiary/aromatic N) is 5. The van der Waals surface area contributed by atoms with Gasteiger partial charge in [0.25, 0.3) is 0 Å². The molecule has 1 amide bonds. The summed E-state index contributed by atoms with van der Waals surface area (Å²) in [5, 5.41) is 8.63. The van der Waals surface area contributed by atoms with Crippen molar-refractivity contribution in [1.29, 1.82) is 0 Å². The summed E-state index contributed by atoms with van der Waals surface area (Å²) in [5.41, 5.74) is 8.41. The molecule has 0 aliphatic carbocycles. The summed E-state index contributed by atoms with van der Waals surface area (Å²) in [5.74, 6) is 0.804. The molecule has 1 aromatic carbocycles. The van der Waals surface area contributed by atoms with Gasteiger partial charge in [0.05, 0.1) is 18.7 Å². The lowest BCUT2D eigenvalue weighted by Crippen LogP contribution is -2.58. The zero-order valence-electron chi connectivity index (χ0n) is 16.4. The fraction of sp³-hybridized carbons (Fsp3) is 0.476. The second kappa shape index (κ2) is 7.75. The van der Waals surface area contributed by atoms with Crippen LogP contribution in [0.5, 0.6) is 0 Å². The van der Waals surface area contributed by atoms with E-state index in [2.05, 4.69) is 21.8 Å². The van der Waals surface area contributed by atoms with E-state index in [1.165, 1.54) is 0 Å². The number of hydrogen-bond donors (Lipinski definition) is 1. The number of likely N-dealkylation sites (N-methyl/N-ethyl adjacent to an activating group) is 1. The fourth-order valence-electron chi connectivity index (χ4n) is 4.61. The Hall–Kier alpha value is -2.67. The molecular weight excluding hydrogens is 352 g/mol. The quantitative estimate of drug-likeness (QED) is 0.611. The Kier molecular flexibility index (Phi) is 5.17. The molecule has 4 heterocycles. The van der Waals surface area contributed by atoms with E-state index >= 15 is 0 Å². The summed E-state index contributed by atoms with van der Waals surface area (Å²) in [7, 11) is 1.87. The van der Waals surface area contributed by atoms with Crippen molar-refractivity contribution in [3.63, 3.8) is 0 Å². The van der Waals surface area contributed by atoms with Crippen molar-refractivity contribution < 1.29 is 4.79 Å². The molecule has 2 bridgehead atoms. The van der Waals surface area contributed by atoms with E-state index in [0.717, 1.165) is 49.4 Å². The van der Waals surface area contributed by atoms with Crippen molar-refractivity contribution >= 4 is 11.6 Å². The number of hydrogen-bond acceptors (Lipinski definition) is 5. The number of aromatic nitrogens is 3. The lowest BCUT2D eigenvalue weighted by atomic mass is 9.75. The van der Waals surface area contributed by atoms with E-state index < -0.39 is 0 Å². The average molecular weight is 380 g/mol. The molecule has 3 aliphatic rings. The van der Waals surface area contributed by atoms with Crippen LogP contribution in [0.15, 0.2) is 43.1 Å². The molecule has 148 valence electrons. The molecule has 0 spiro atoms. The van der Waals surface area contributed by atoms with Crippen LogP contribution in [0.4, 0.5) is 5.69 Å². The fourth-order valence-corrected chi connectivity index (χ4v) is 4.61. The zero-order valence-corrected chi connectivity index (χ0v) is 16.4. The van der Waals surface area contributed by atoms with E-state index in [-0.39, 0.29) is 11.8 Å². The molecule has 0 saturated carbocycles. The highest BCUT2D eigenvalue weighted by Gasteiger charge is 2.44. The highest BCUT2D eigenvalue weighted by molar-refractivity contribution is 5.79. The number of benzene rings is 1. The molecule has 7 nitrogen and oxygen atoms in total. The Bertz CT molecular complexity index is 862. The molecule has 2 N–H and O–H groups in total. The minimum Gasteiger partial charge on any atom is -0.399 e. The molecule has 4 atom stereocenters. The van der Waals surface area contributed by atoms with E-state index in [1.807, 2.05) is 42.2 Å². The van der Waals surface area contributed by atoms with Gasteiger partial charge in [-0.1, -0.05) is 23.4 Å². The van der Waals surface area contributed by atoms with E-state index in [4.69, 9.17) is 5.73 Å². The molecule has 1 unspecified atom stereocenters. The summed E-state index contributed by atoms with van der Waals surface area (Å²) < 4.78 is 1.92. The van der Waals surface area contributed by atoms with Crippen molar-refractivity contribution in [1.82, 2.24) is 24.8 Å². The highest BCUT2D eigenvalue weighted by Crippen LogP contribution is 2.37. The van der Waals surface area contributed by atoms with Crippen LogP contribution in [0.1, 0.15) is 12.8 Å². The Balaban J connectivity index is 1.41. The number of carbonyl (C=O) groups excluding carboxylic acids is 1. The second-order valence-corrected chi connectivity index (χ2v) is 8.00. The molecule has 7 heteroatoms. The van der Waals surface area contributed by atoms with Crippen molar-refractivity contribution in [2.24, 2.45) is 11.8 Å². The van der Waals surface area contributed by atoms with Crippen LogP contribution in [0.3, 0.4) is 0 Å². The van der Waals surface area contributed by atoms with Crippen LogP contribution < -0.4 is 5.73 Å². The Morgan fingerprint density at radius 3 is 3.04 bits per heavy atom. The van der Waals surface area contributed by atoms with Gasteiger partial charge in [-0.05, 0) is 37.4 Å². The van der Waals surface area contributed by atoms with Crippen LogP contribution in [0.2, 0.25) is 0 Å². The maximum atomic E-state index is 12.7. The lowest BCUT2D eigenvalue weighted by Gasteiger charge is -2.49. The summed E-state index contributed by atoms with van der Waals surface area (Å²) in [4.78, 5) is 17.0. The summed E-state index contributed by atoms with van der Waals surface area (Å²) in [6.07, 6.45) is 5.90. The number of piperidine rings is 3. The molecule has 3 saturated heterocycles. The van der Waals surface area contributed by atoms with Crippen LogP contribution in [-0.2, 0) is 11.3 Å². The smallest absolute Gasteiger partial charge is 0.227 e. The van der Waals surface area contributed by atoms with Gasteiger partial charge in [0.2, 0.25) is 5.91 Å². The van der Waals surface area contributed by atoms with Gasteiger partial charge in [0.1, 0.15) is 5.69 Å². The van der Waals surface area contributed by atoms with Crippen molar-refractivity contribution in [2.45, 2.75) is 25.4 Å². The maximum Gasteiger partial charge on any atom is 0.227 e. The third-order valence-corrected chi connectivity index (χ3v) is 6.09. The Morgan fingerprint density at radius 1 is 1.46 bits per heavy atom. The summed E-state index contributed by atoms with van der Waals surface area (Å²) >= 11 is 0. The molecule has 5 rings (SSSR count). The monoisotopic (exact) mass is 380 g/mol. The molecular formula is C21H28N6O. The highest BCUT2D eigenvalue weighted by atomic mass is 16.2. The number of nitrogens with two attached hydrogens (primary N) is 1. The zero-order chi connectivity index (χ0) is 19.7. The first-order valence-electron chi connectivity index (χ1n) is 9.91.